The SMILES string of the molecule is C/C=C\C1=CC(Nc2cc(N3CCN(C)CC3)nc(Oc3cc(F)c4c(cc(C)n4C)c3F)n2)=NC1. The molecule has 0 aliphatic carbocycles. The maximum atomic E-state index is 15.3. The summed E-state index contributed by atoms with van der Waals surface area (Å²) in [5, 5.41) is 3.36. The Bertz CT molecular complexity index is 1400. The number of amidine groups is 1. The van der Waals surface area contributed by atoms with Crippen LogP contribution in [0.3, 0.4) is 0 Å². The quantitative estimate of drug-likeness (QED) is 0.567. The number of aliphatic imine (C=N–C) groups is 1. The van der Waals surface area contributed by atoms with E-state index >= 15 is 4.39 Å². The number of ether oxygens (including phenoxy) is 1. The van der Waals surface area contributed by atoms with Crippen molar-refractivity contribution in [2.45, 2.75) is 13.8 Å². The first-order valence-corrected chi connectivity index (χ1v) is 11.9. The van der Waals surface area contributed by atoms with E-state index in [0.717, 1.165) is 43.5 Å². The summed E-state index contributed by atoms with van der Waals surface area (Å²) in [6.45, 7) is 7.64. The van der Waals surface area contributed by atoms with Gasteiger partial charge in [-0.1, -0.05) is 12.2 Å². The molecule has 8 nitrogen and oxygen atoms in total. The second-order valence-electron chi connectivity index (χ2n) is 9.11. The average Bonchev–Trinajstić information content (AvgIpc) is 3.41. The Kier molecular flexibility index (Phi) is 6.44. The fourth-order valence-electron chi connectivity index (χ4n) is 4.42. The number of fused-ring (bicyclic) bond motifs is 1. The van der Waals surface area contributed by atoms with Gasteiger partial charge in [0.15, 0.2) is 17.4 Å². The number of aromatic nitrogens is 3. The Morgan fingerprint density at radius 1 is 1.06 bits per heavy atom. The zero-order chi connectivity index (χ0) is 25.4. The van der Waals surface area contributed by atoms with Crippen LogP contribution in [0.15, 0.2) is 47.0 Å². The van der Waals surface area contributed by atoms with Crippen molar-refractivity contribution in [2.75, 3.05) is 50.0 Å². The number of benzene rings is 1. The highest BCUT2D eigenvalue weighted by molar-refractivity contribution is 6.05. The number of nitrogens with zero attached hydrogens (tertiary/aromatic N) is 6. The van der Waals surface area contributed by atoms with Crippen LogP contribution in [-0.4, -0.2) is 65.0 Å². The van der Waals surface area contributed by atoms with E-state index in [1.54, 1.807) is 24.6 Å². The Hall–Kier alpha value is -3.79. The molecule has 0 saturated carbocycles. The fraction of sp³-hybridized carbons (Fsp3) is 0.346. The van der Waals surface area contributed by atoms with Crippen LogP contribution >= 0.6 is 0 Å². The van der Waals surface area contributed by atoms with Gasteiger partial charge in [0, 0.05) is 56.4 Å². The van der Waals surface area contributed by atoms with Gasteiger partial charge in [0.25, 0.3) is 0 Å². The predicted molar refractivity (Wildman–Crippen MR) is 138 cm³/mol. The van der Waals surface area contributed by atoms with Crippen molar-refractivity contribution < 1.29 is 13.5 Å². The molecule has 2 aromatic heterocycles. The van der Waals surface area contributed by atoms with Gasteiger partial charge in [0.2, 0.25) is 0 Å². The molecule has 188 valence electrons. The van der Waals surface area contributed by atoms with Gasteiger partial charge in [0.1, 0.15) is 17.5 Å². The van der Waals surface area contributed by atoms with E-state index in [1.807, 2.05) is 31.2 Å². The summed E-state index contributed by atoms with van der Waals surface area (Å²) in [6, 6.07) is 4.39. The topological polar surface area (TPSA) is 70.8 Å². The van der Waals surface area contributed by atoms with E-state index in [9.17, 15) is 4.39 Å². The van der Waals surface area contributed by atoms with E-state index < -0.39 is 11.6 Å². The Morgan fingerprint density at radius 2 is 1.83 bits per heavy atom. The maximum absolute atomic E-state index is 15.3. The Balaban J connectivity index is 1.50. The summed E-state index contributed by atoms with van der Waals surface area (Å²) >= 11 is 0. The molecule has 10 heteroatoms. The molecule has 1 saturated heterocycles. The van der Waals surface area contributed by atoms with Crippen molar-refractivity contribution in [1.82, 2.24) is 19.4 Å². The van der Waals surface area contributed by atoms with Crippen LogP contribution in [0, 0.1) is 18.6 Å². The second kappa shape index (κ2) is 9.69. The molecule has 0 unspecified atom stereocenters. The smallest absolute Gasteiger partial charge is 0.326 e. The number of aryl methyl sites for hydroxylation is 2. The number of nitrogens with one attached hydrogen (secondary N) is 1. The lowest BCUT2D eigenvalue weighted by molar-refractivity contribution is 0.311. The molecule has 1 aromatic carbocycles. The van der Waals surface area contributed by atoms with Crippen molar-refractivity contribution in [2.24, 2.45) is 12.0 Å². The summed E-state index contributed by atoms with van der Waals surface area (Å²) < 4.78 is 37.6. The minimum Gasteiger partial charge on any atom is -0.421 e. The fourth-order valence-corrected chi connectivity index (χ4v) is 4.42. The highest BCUT2D eigenvalue weighted by Gasteiger charge is 2.22. The summed E-state index contributed by atoms with van der Waals surface area (Å²) in [7, 11) is 3.77. The Labute approximate surface area is 208 Å². The van der Waals surface area contributed by atoms with Crippen LogP contribution in [0.4, 0.5) is 20.4 Å². The highest BCUT2D eigenvalue weighted by atomic mass is 19.1. The van der Waals surface area contributed by atoms with E-state index in [1.165, 1.54) is 0 Å². The van der Waals surface area contributed by atoms with E-state index in [2.05, 4.69) is 37.1 Å². The van der Waals surface area contributed by atoms with Gasteiger partial charge in [-0.25, -0.2) is 8.78 Å². The Morgan fingerprint density at radius 3 is 2.58 bits per heavy atom. The summed E-state index contributed by atoms with van der Waals surface area (Å²) in [5.41, 5.74) is 2.01. The number of hydrogen-bond acceptors (Lipinski definition) is 7. The first-order valence-electron chi connectivity index (χ1n) is 11.9. The molecule has 2 aliphatic heterocycles. The average molecular weight is 494 g/mol. The first kappa shape index (κ1) is 23.9. The van der Waals surface area contributed by atoms with E-state index in [0.29, 0.717) is 24.0 Å². The zero-order valence-electron chi connectivity index (χ0n) is 20.8. The maximum Gasteiger partial charge on any atom is 0.326 e. The number of anilines is 2. The highest BCUT2D eigenvalue weighted by Crippen LogP contribution is 2.34. The molecule has 3 aromatic rings. The molecule has 4 heterocycles. The van der Waals surface area contributed by atoms with Crippen molar-refractivity contribution in [3.05, 3.63) is 59.3 Å². The van der Waals surface area contributed by atoms with Gasteiger partial charge < -0.3 is 24.4 Å². The van der Waals surface area contributed by atoms with Gasteiger partial charge in [-0.2, -0.15) is 9.97 Å². The summed E-state index contributed by atoms with van der Waals surface area (Å²) in [5.74, 6) is 0.272. The third-order valence-electron chi connectivity index (χ3n) is 6.52. The molecular weight excluding hydrogens is 464 g/mol. The van der Waals surface area contributed by atoms with E-state index in [-0.39, 0.29) is 22.7 Å². The van der Waals surface area contributed by atoms with Crippen LogP contribution in [0.5, 0.6) is 11.8 Å². The predicted octanol–water partition coefficient (Wildman–Crippen LogP) is 4.43. The molecule has 36 heavy (non-hydrogen) atoms. The van der Waals surface area contributed by atoms with Gasteiger partial charge >= 0.3 is 6.01 Å². The normalized spacial score (nSPS) is 16.7. The van der Waals surface area contributed by atoms with E-state index in [4.69, 9.17) is 4.74 Å². The van der Waals surface area contributed by atoms with Crippen LogP contribution in [0.2, 0.25) is 0 Å². The summed E-state index contributed by atoms with van der Waals surface area (Å²) in [4.78, 5) is 17.8. The largest absolute Gasteiger partial charge is 0.421 e. The monoisotopic (exact) mass is 493 g/mol. The molecule has 2 aliphatic rings. The number of hydrogen-bond donors (Lipinski definition) is 1. The van der Waals surface area contributed by atoms with Crippen molar-refractivity contribution in [3.8, 4) is 11.8 Å². The third kappa shape index (κ3) is 4.68. The van der Waals surface area contributed by atoms with Crippen molar-refractivity contribution >= 4 is 28.4 Å². The second-order valence-corrected chi connectivity index (χ2v) is 9.11. The molecular formula is C26H29F2N7O. The van der Waals surface area contributed by atoms with Crippen molar-refractivity contribution in [3.63, 3.8) is 0 Å². The van der Waals surface area contributed by atoms with Gasteiger partial charge in [-0.15, -0.1) is 0 Å². The lowest BCUT2D eigenvalue weighted by Crippen LogP contribution is -2.44. The molecule has 1 fully saturated rings. The van der Waals surface area contributed by atoms with Gasteiger partial charge in [0.05, 0.1) is 12.1 Å². The number of allylic oxidation sites excluding steroid dienone is 1. The molecule has 0 spiro atoms. The van der Waals surface area contributed by atoms with Crippen LogP contribution in [-0.2, 0) is 7.05 Å². The van der Waals surface area contributed by atoms with Crippen LogP contribution < -0.4 is 15.0 Å². The number of halogens is 2. The third-order valence-corrected chi connectivity index (χ3v) is 6.52. The van der Waals surface area contributed by atoms with Crippen molar-refractivity contribution in [1.29, 1.82) is 0 Å². The van der Waals surface area contributed by atoms with Crippen LogP contribution in [0.25, 0.3) is 10.9 Å². The molecule has 5 rings (SSSR count). The van der Waals surface area contributed by atoms with Gasteiger partial charge in [-0.3, -0.25) is 4.99 Å². The zero-order valence-corrected chi connectivity index (χ0v) is 20.8. The lowest BCUT2D eigenvalue weighted by atomic mass is 10.2. The number of rotatable bonds is 5. The lowest BCUT2D eigenvalue weighted by Gasteiger charge is -2.33. The summed E-state index contributed by atoms with van der Waals surface area (Å²) in [6.07, 6.45) is 5.91. The molecule has 0 bridgehead atoms. The molecule has 0 atom stereocenters. The number of likely N-dealkylation sites (N-methyl/N-ethyl adjacent to an activating group) is 1. The van der Waals surface area contributed by atoms with Gasteiger partial charge in [-0.05, 0) is 38.6 Å². The molecule has 0 amide bonds. The minimum atomic E-state index is -0.655. The number of piperazine rings is 1. The minimum absolute atomic E-state index is 0.0736. The molecule has 1 N–H and O–H groups in total. The van der Waals surface area contributed by atoms with Crippen LogP contribution in [0.1, 0.15) is 12.6 Å². The molecule has 0 radical (unpaired) electrons. The first-order chi connectivity index (χ1) is 17.3. The standard InChI is InChI=1S/C26H29F2N7O/c1-5-6-17-12-21(29-15-17)30-22-14-23(35-9-7-33(3)8-10-35)32-26(31-22)36-20-13-19(27)25-18(24(20)28)11-16(2)34(25)4/h5-6,11-14H,7-10,15H2,1-4H3,(H,29,30,31,32)/b6-5-.